The minimum Gasteiger partial charge on any atom is -0.455 e. The average molecular weight is 577 g/mol. The van der Waals surface area contributed by atoms with Crippen molar-refractivity contribution >= 4 is 60.8 Å². The maximum Gasteiger partial charge on any atom is 0.143 e. The van der Waals surface area contributed by atoms with Crippen LogP contribution in [0.5, 0.6) is 0 Å². The lowest BCUT2D eigenvalue weighted by Gasteiger charge is -2.26. The molecule has 7 aromatic carbocycles. The zero-order valence-corrected chi connectivity index (χ0v) is 24.4. The molecule has 1 N–H and O–H groups in total. The van der Waals surface area contributed by atoms with E-state index in [0.717, 1.165) is 55.6 Å². The topological polar surface area (TPSA) is 32.2 Å². The van der Waals surface area contributed by atoms with Gasteiger partial charge in [-0.05, 0) is 59.7 Å². The number of rotatable bonds is 5. The molecule has 0 unspecified atom stereocenters. The van der Waals surface area contributed by atoms with E-state index in [2.05, 4.69) is 162 Å². The summed E-state index contributed by atoms with van der Waals surface area (Å²) in [4.78, 5) is 5.96. The van der Waals surface area contributed by atoms with Crippen molar-refractivity contribution in [2.45, 2.75) is 0 Å². The van der Waals surface area contributed by atoms with Gasteiger partial charge in [0.15, 0.2) is 0 Å². The Labute approximate surface area is 260 Å². The quantitative estimate of drug-likeness (QED) is 0.221. The highest BCUT2D eigenvalue weighted by atomic mass is 16.3. The van der Waals surface area contributed by atoms with E-state index in [1.807, 2.05) is 12.1 Å². The lowest BCUT2D eigenvalue weighted by molar-refractivity contribution is 0.670. The molecule has 0 radical (unpaired) electrons. The molecule has 9 aromatic rings. The van der Waals surface area contributed by atoms with Crippen molar-refractivity contribution in [3.63, 3.8) is 0 Å². The van der Waals surface area contributed by atoms with Gasteiger partial charge in [-0.25, -0.2) is 0 Å². The molecule has 0 saturated carbocycles. The number of para-hydroxylation sites is 5. The Morgan fingerprint density at radius 3 is 1.71 bits per heavy atom. The normalized spacial score (nSPS) is 11.6. The molecule has 0 saturated heterocycles. The van der Waals surface area contributed by atoms with Crippen molar-refractivity contribution in [3.8, 4) is 22.3 Å². The Morgan fingerprint density at radius 1 is 0.400 bits per heavy atom. The molecule has 3 nitrogen and oxygen atoms in total. The van der Waals surface area contributed by atoms with Gasteiger partial charge in [0.2, 0.25) is 0 Å². The number of aromatic nitrogens is 1. The van der Waals surface area contributed by atoms with Crippen LogP contribution in [-0.2, 0) is 0 Å². The van der Waals surface area contributed by atoms with Crippen LogP contribution < -0.4 is 4.90 Å². The molecule has 0 fully saturated rings. The van der Waals surface area contributed by atoms with Crippen LogP contribution in [0.4, 0.5) is 17.1 Å². The maximum absolute atomic E-state index is 6.33. The summed E-state index contributed by atoms with van der Waals surface area (Å²) in [5.74, 6) is 0. The van der Waals surface area contributed by atoms with E-state index in [1.165, 1.54) is 27.4 Å². The van der Waals surface area contributed by atoms with Crippen LogP contribution >= 0.6 is 0 Å². The predicted octanol–water partition coefficient (Wildman–Crippen LogP) is 12.0. The molecule has 0 aliphatic heterocycles. The van der Waals surface area contributed by atoms with E-state index in [1.54, 1.807) is 0 Å². The first-order valence-electron chi connectivity index (χ1n) is 15.3. The third kappa shape index (κ3) is 4.21. The lowest BCUT2D eigenvalue weighted by atomic mass is 10.0. The van der Waals surface area contributed by atoms with Crippen LogP contribution in [-0.4, -0.2) is 4.98 Å². The fourth-order valence-corrected chi connectivity index (χ4v) is 6.69. The smallest absolute Gasteiger partial charge is 0.143 e. The molecule has 9 rings (SSSR count). The van der Waals surface area contributed by atoms with E-state index < -0.39 is 0 Å². The summed E-state index contributed by atoms with van der Waals surface area (Å²) in [7, 11) is 0. The minimum atomic E-state index is 0.913. The Hall–Kier alpha value is -6.06. The van der Waals surface area contributed by atoms with Gasteiger partial charge in [-0.3, -0.25) is 0 Å². The number of nitrogens with one attached hydrogen (secondary N) is 1. The Bertz CT molecular complexity index is 2310. The molecule has 0 aliphatic carbocycles. The number of aromatic amines is 1. The van der Waals surface area contributed by atoms with E-state index >= 15 is 0 Å². The van der Waals surface area contributed by atoms with Crippen LogP contribution in [0.25, 0.3) is 66.0 Å². The van der Waals surface area contributed by atoms with Crippen molar-refractivity contribution in [2.24, 2.45) is 0 Å². The number of benzene rings is 7. The number of anilines is 3. The fourth-order valence-electron chi connectivity index (χ4n) is 6.69. The van der Waals surface area contributed by atoms with Gasteiger partial charge in [0.1, 0.15) is 11.2 Å². The monoisotopic (exact) mass is 576 g/mol. The standard InChI is InChI=1S/C42H28N2O/c1-2-10-30(11-3-1)44(31-24-20-28(21-25-31)33-14-8-16-37-35-12-4-6-18-39(35)43-41(33)37)32-26-22-29(23-27-32)34-15-9-17-38-36-13-5-7-19-40(36)45-42(34)38/h1-27,43H. The summed E-state index contributed by atoms with van der Waals surface area (Å²) >= 11 is 0. The summed E-state index contributed by atoms with van der Waals surface area (Å²) < 4.78 is 6.33. The van der Waals surface area contributed by atoms with E-state index in [-0.39, 0.29) is 0 Å². The van der Waals surface area contributed by atoms with Crippen molar-refractivity contribution in [3.05, 3.63) is 164 Å². The summed E-state index contributed by atoms with van der Waals surface area (Å²) in [6, 6.07) is 57.9. The van der Waals surface area contributed by atoms with Crippen LogP contribution in [0, 0.1) is 0 Å². The first-order chi connectivity index (χ1) is 22.3. The van der Waals surface area contributed by atoms with Gasteiger partial charge in [-0.1, -0.05) is 115 Å². The minimum absolute atomic E-state index is 0.913. The largest absolute Gasteiger partial charge is 0.455 e. The van der Waals surface area contributed by atoms with Gasteiger partial charge >= 0.3 is 0 Å². The number of hydrogen-bond acceptors (Lipinski definition) is 2. The van der Waals surface area contributed by atoms with Gasteiger partial charge in [-0.15, -0.1) is 0 Å². The molecule has 2 heterocycles. The molecule has 45 heavy (non-hydrogen) atoms. The highest BCUT2D eigenvalue weighted by molar-refractivity contribution is 6.12. The van der Waals surface area contributed by atoms with Crippen molar-refractivity contribution in [2.75, 3.05) is 4.90 Å². The van der Waals surface area contributed by atoms with Crippen molar-refractivity contribution in [1.29, 1.82) is 0 Å². The molecule has 212 valence electrons. The molecule has 0 amide bonds. The van der Waals surface area contributed by atoms with Crippen molar-refractivity contribution < 1.29 is 4.42 Å². The Balaban J connectivity index is 1.11. The summed E-state index contributed by atoms with van der Waals surface area (Å²) in [5.41, 5.74) is 12.1. The lowest BCUT2D eigenvalue weighted by Crippen LogP contribution is -2.09. The van der Waals surface area contributed by atoms with Gasteiger partial charge in [0.05, 0.1) is 5.52 Å². The van der Waals surface area contributed by atoms with Crippen LogP contribution in [0.3, 0.4) is 0 Å². The second kappa shape index (κ2) is 10.3. The Morgan fingerprint density at radius 2 is 0.956 bits per heavy atom. The number of H-pyrrole nitrogens is 1. The third-order valence-electron chi connectivity index (χ3n) is 8.83. The van der Waals surface area contributed by atoms with Gasteiger partial charge in [0, 0.05) is 55.3 Å². The van der Waals surface area contributed by atoms with E-state index in [4.69, 9.17) is 4.42 Å². The zero-order valence-electron chi connectivity index (χ0n) is 24.4. The highest BCUT2D eigenvalue weighted by Gasteiger charge is 2.16. The zero-order chi connectivity index (χ0) is 29.7. The molecule has 0 spiro atoms. The second-order valence-electron chi connectivity index (χ2n) is 11.4. The third-order valence-corrected chi connectivity index (χ3v) is 8.83. The predicted molar refractivity (Wildman–Crippen MR) is 189 cm³/mol. The number of furan rings is 1. The van der Waals surface area contributed by atoms with E-state index in [9.17, 15) is 0 Å². The number of fused-ring (bicyclic) bond motifs is 6. The van der Waals surface area contributed by atoms with E-state index in [0.29, 0.717) is 0 Å². The highest BCUT2D eigenvalue weighted by Crippen LogP contribution is 2.40. The number of hydrogen-bond donors (Lipinski definition) is 1. The molecular weight excluding hydrogens is 548 g/mol. The molecule has 3 heteroatoms. The second-order valence-corrected chi connectivity index (χ2v) is 11.4. The van der Waals surface area contributed by atoms with Crippen LogP contribution in [0.2, 0.25) is 0 Å². The van der Waals surface area contributed by atoms with Crippen LogP contribution in [0.15, 0.2) is 168 Å². The average Bonchev–Trinajstić information content (AvgIpc) is 3.68. The number of nitrogens with zero attached hydrogens (tertiary/aromatic N) is 1. The first-order valence-corrected chi connectivity index (χ1v) is 15.3. The van der Waals surface area contributed by atoms with Gasteiger partial charge in [0.25, 0.3) is 0 Å². The summed E-state index contributed by atoms with van der Waals surface area (Å²) in [5, 5.41) is 4.78. The molecular formula is C42H28N2O. The summed E-state index contributed by atoms with van der Waals surface area (Å²) in [6.07, 6.45) is 0. The molecule has 0 atom stereocenters. The molecule has 2 aromatic heterocycles. The van der Waals surface area contributed by atoms with Gasteiger partial charge < -0.3 is 14.3 Å². The maximum atomic E-state index is 6.33. The summed E-state index contributed by atoms with van der Waals surface area (Å²) in [6.45, 7) is 0. The molecule has 0 bridgehead atoms. The van der Waals surface area contributed by atoms with Crippen LogP contribution in [0.1, 0.15) is 0 Å². The SMILES string of the molecule is c1ccc(N(c2ccc(-c3cccc4c3[nH]c3ccccc34)cc2)c2ccc(-c3cccc4c3oc3ccccc34)cc2)cc1. The Kier molecular flexibility index (Phi) is 5.82. The van der Waals surface area contributed by atoms with Crippen molar-refractivity contribution in [1.82, 2.24) is 4.98 Å². The molecule has 0 aliphatic rings. The first kappa shape index (κ1) is 25.4. The van der Waals surface area contributed by atoms with Gasteiger partial charge in [-0.2, -0.15) is 0 Å². The fraction of sp³-hybridized carbons (Fsp3) is 0.